The number of piperazine rings is 1. The molecule has 0 radical (unpaired) electrons. The molecule has 0 aromatic heterocycles. The molecule has 2 aliphatic heterocycles. The van der Waals surface area contributed by atoms with Crippen LogP contribution in [0.15, 0.2) is 0 Å². The van der Waals surface area contributed by atoms with Crippen molar-refractivity contribution in [1.82, 2.24) is 15.1 Å². The minimum atomic E-state index is 1.01. The van der Waals surface area contributed by atoms with Gasteiger partial charge in [-0.2, -0.15) is 0 Å². The third kappa shape index (κ3) is 4.57. The maximum absolute atomic E-state index is 3.42. The maximum Gasteiger partial charge on any atom is 0.0107 e. The third-order valence-electron chi connectivity index (χ3n) is 4.45. The van der Waals surface area contributed by atoms with Crippen LogP contribution in [0.5, 0.6) is 0 Å². The van der Waals surface area contributed by atoms with Crippen molar-refractivity contribution in [2.24, 2.45) is 5.92 Å². The summed E-state index contributed by atoms with van der Waals surface area (Å²) in [6.45, 7) is 12.4. The van der Waals surface area contributed by atoms with Gasteiger partial charge in [-0.1, -0.05) is 6.92 Å². The molecule has 2 heterocycles. The summed E-state index contributed by atoms with van der Waals surface area (Å²) >= 11 is 0. The van der Waals surface area contributed by atoms with Crippen molar-refractivity contribution in [3.63, 3.8) is 0 Å². The predicted molar refractivity (Wildman–Crippen MR) is 73.4 cm³/mol. The fourth-order valence-corrected chi connectivity index (χ4v) is 3.13. The molecule has 100 valence electrons. The van der Waals surface area contributed by atoms with Crippen LogP contribution in [0.1, 0.15) is 32.6 Å². The molecular formula is C14H29N3. The lowest BCUT2D eigenvalue weighted by Crippen LogP contribution is -2.43. The summed E-state index contributed by atoms with van der Waals surface area (Å²) in [6.07, 6.45) is 5.75. The van der Waals surface area contributed by atoms with E-state index in [4.69, 9.17) is 0 Å². The van der Waals surface area contributed by atoms with Crippen molar-refractivity contribution in [3.8, 4) is 0 Å². The minimum absolute atomic E-state index is 1.01. The van der Waals surface area contributed by atoms with Crippen molar-refractivity contribution < 1.29 is 0 Å². The van der Waals surface area contributed by atoms with Crippen LogP contribution in [0.3, 0.4) is 0 Å². The van der Waals surface area contributed by atoms with Crippen LogP contribution in [-0.2, 0) is 0 Å². The summed E-state index contributed by atoms with van der Waals surface area (Å²) in [5.41, 5.74) is 0. The number of hydrogen-bond donors (Lipinski definition) is 1. The molecule has 2 aliphatic rings. The van der Waals surface area contributed by atoms with Crippen LogP contribution in [-0.4, -0.2) is 62.2 Å². The Labute approximate surface area is 107 Å². The highest BCUT2D eigenvalue weighted by atomic mass is 15.2. The van der Waals surface area contributed by atoms with Gasteiger partial charge in [0.15, 0.2) is 0 Å². The van der Waals surface area contributed by atoms with Gasteiger partial charge in [-0.05, 0) is 57.8 Å². The van der Waals surface area contributed by atoms with Gasteiger partial charge < -0.3 is 15.1 Å². The van der Waals surface area contributed by atoms with E-state index in [0.29, 0.717) is 0 Å². The van der Waals surface area contributed by atoms with Gasteiger partial charge in [-0.25, -0.2) is 0 Å². The first kappa shape index (κ1) is 13.3. The van der Waals surface area contributed by atoms with Crippen LogP contribution in [0.2, 0.25) is 0 Å². The first-order valence-corrected chi connectivity index (χ1v) is 7.54. The summed E-state index contributed by atoms with van der Waals surface area (Å²) in [5, 5.41) is 3.42. The molecule has 0 saturated carbocycles. The summed E-state index contributed by atoms with van der Waals surface area (Å²) in [7, 11) is 0. The van der Waals surface area contributed by atoms with Crippen LogP contribution >= 0.6 is 0 Å². The standard InChI is InChI=1S/C14H29N3/c1-2-16-10-5-14(6-11-16)4-3-9-17-12-7-15-8-13-17/h14-15H,2-13H2,1H3. The molecule has 3 heteroatoms. The Morgan fingerprint density at radius 2 is 1.71 bits per heavy atom. The zero-order valence-corrected chi connectivity index (χ0v) is 11.5. The summed E-state index contributed by atoms with van der Waals surface area (Å²) in [6, 6.07) is 0. The third-order valence-corrected chi connectivity index (χ3v) is 4.45. The molecule has 17 heavy (non-hydrogen) atoms. The van der Waals surface area contributed by atoms with E-state index in [1.165, 1.54) is 78.0 Å². The van der Waals surface area contributed by atoms with Gasteiger partial charge >= 0.3 is 0 Å². The Morgan fingerprint density at radius 1 is 1.00 bits per heavy atom. The lowest BCUT2D eigenvalue weighted by Gasteiger charge is -2.32. The zero-order chi connectivity index (χ0) is 11.9. The van der Waals surface area contributed by atoms with Gasteiger partial charge in [0.1, 0.15) is 0 Å². The Morgan fingerprint density at radius 3 is 2.35 bits per heavy atom. The molecule has 0 aromatic carbocycles. The highest BCUT2D eigenvalue weighted by Gasteiger charge is 2.18. The zero-order valence-electron chi connectivity index (χ0n) is 11.5. The van der Waals surface area contributed by atoms with Crippen molar-refractivity contribution in [3.05, 3.63) is 0 Å². The van der Waals surface area contributed by atoms with E-state index in [2.05, 4.69) is 22.0 Å². The molecule has 0 amide bonds. The number of likely N-dealkylation sites (tertiary alicyclic amines) is 1. The first-order chi connectivity index (χ1) is 8.38. The minimum Gasteiger partial charge on any atom is -0.314 e. The van der Waals surface area contributed by atoms with E-state index in [1.54, 1.807) is 0 Å². The van der Waals surface area contributed by atoms with E-state index in [-0.39, 0.29) is 0 Å². The second-order valence-corrected chi connectivity index (χ2v) is 5.61. The van der Waals surface area contributed by atoms with E-state index >= 15 is 0 Å². The number of nitrogens with zero attached hydrogens (tertiary/aromatic N) is 2. The molecule has 0 aromatic rings. The Bertz CT molecular complexity index is 194. The Kier molecular flexibility index (Phi) is 5.75. The average molecular weight is 239 g/mol. The monoisotopic (exact) mass is 239 g/mol. The number of hydrogen-bond acceptors (Lipinski definition) is 3. The molecule has 1 N–H and O–H groups in total. The summed E-state index contributed by atoms with van der Waals surface area (Å²) < 4.78 is 0. The number of rotatable bonds is 5. The second kappa shape index (κ2) is 7.34. The van der Waals surface area contributed by atoms with Gasteiger partial charge in [0.05, 0.1) is 0 Å². The normalized spacial score (nSPS) is 25.2. The highest BCUT2D eigenvalue weighted by Crippen LogP contribution is 2.21. The van der Waals surface area contributed by atoms with E-state index in [0.717, 1.165) is 5.92 Å². The van der Waals surface area contributed by atoms with Crippen molar-refractivity contribution >= 4 is 0 Å². The smallest absolute Gasteiger partial charge is 0.0107 e. The SMILES string of the molecule is CCN1CCC(CCCN2CCNCC2)CC1. The van der Waals surface area contributed by atoms with Crippen LogP contribution in [0.4, 0.5) is 0 Å². The summed E-state index contributed by atoms with van der Waals surface area (Å²) in [5.74, 6) is 1.01. The second-order valence-electron chi connectivity index (χ2n) is 5.61. The fraction of sp³-hybridized carbons (Fsp3) is 1.00. The number of piperidine rings is 1. The predicted octanol–water partition coefficient (Wildman–Crippen LogP) is 1.40. The van der Waals surface area contributed by atoms with E-state index < -0.39 is 0 Å². The van der Waals surface area contributed by atoms with Crippen molar-refractivity contribution in [1.29, 1.82) is 0 Å². The lowest BCUT2D eigenvalue weighted by atomic mass is 9.92. The maximum atomic E-state index is 3.42. The molecule has 0 aliphatic carbocycles. The lowest BCUT2D eigenvalue weighted by molar-refractivity contribution is 0.176. The molecule has 2 fully saturated rings. The summed E-state index contributed by atoms with van der Waals surface area (Å²) in [4.78, 5) is 5.21. The molecule has 0 bridgehead atoms. The van der Waals surface area contributed by atoms with Crippen LogP contribution in [0.25, 0.3) is 0 Å². The average Bonchev–Trinajstić information content (AvgIpc) is 2.41. The Hall–Kier alpha value is -0.120. The van der Waals surface area contributed by atoms with E-state index in [1.807, 2.05) is 0 Å². The van der Waals surface area contributed by atoms with Gasteiger partial charge in [0, 0.05) is 26.2 Å². The van der Waals surface area contributed by atoms with Crippen LogP contribution in [0, 0.1) is 5.92 Å². The van der Waals surface area contributed by atoms with Crippen LogP contribution < -0.4 is 5.32 Å². The molecule has 3 nitrogen and oxygen atoms in total. The van der Waals surface area contributed by atoms with Crippen molar-refractivity contribution in [2.45, 2.75) is 32.6 Å². The molecule has 0 unspecified atom stereocenters. The van der Waals surface area contributed by atoms with Gasteiger partial charge in [0.25, 0.3) is 0 Å². The van der Waals surface area contributed by atoms with Gasteiger partial charge in [0.2, 0.25) is 0 Å². The van der Waals surface area contributed by atoms with Crippen molar-refractivity contribution in [2.75, 3.05) is 52.4 Å². The topological polar surface area (TPSA) is 18.5 Å². The van der Waals surface area contributed by atoms with E-state index in [9.17, 15) is 0 Å². The quantitative estimate of drug-likeness (QED) is 0.782. The molecule has 0 spiro atoms. The first-order valence-electron chi connectivity index (χ1n) is 7.54. The Balaban J connectivity index is 1.53. The largest absolute Gasteiger partial charge is 0.314 e. The molecule has 2 saturated heterocycles. The number of nitrogens with one attached hydrogen (secondary N) is 1. The fourth-order valence-electron chi connectivity index (χ4n) is 3.13. The molecule has 2 rings (SSSR count). The highest BCUT2D eigenvalue weighted by molar-refractivity contribution is 4.73. The van der Waals surface area contributed by atoms with Gasteiger partial charge in [-0.3, -0.25) is 0 Å². The van der Waals surface area contributed by atoms with Gasteiger partial charge in [-0.15, -0.1) is 0 Å². The molecular weight excluding hydrogens is 210 g/mol. The molecule has 0 atom stereocenters.